The molecule has 5 heteroatoms. The van der Waals surface area contributed by atoms with E-state index in [1.54, 1.807) is 6.26 Å². The first-order valence-corrected chi connectivity index (χ1v) is 8.86. The lowest BCUT2D eigenvalue weighted by Crippen LogP contribution is -2.32. The van der Waals surface area contributed by atoms with Crippen molar-refractivity contribution in [2.24, 2.45) is 16.6 Å². The predicted molar refractivity (Wildman–Crippen MR) is 103 cm³/mol. The van der Waals surface area contributed by atoms with Gasteiger partial charge in [-0.3, -0.25) is 4.90 Å². The third-order valence-electron chi connectivity index (χ3n) is 4.01. The zero-order valence-electron chi connectivity index (χ0n) is 15.5. The zero-order chi connectivity index (χ0) is 18.1. The summed E-state index contributed by atoms with van der Waals surface area (Å²) >= 11 is 0. The fourth-order valence-electron chi connectivity index (χ4n) is 2.60. The SMILES string of the molecule is CC(C)CCNC(N)=NCc1ccccc1CN(C)Cc1ccco1. The minimum absolute atomic E-state index is 0.513. The highest BCUT2D eigenvalue weighted by Crippen LogP contribution is 2.14. The number of hydrogen-bond donors (Lipinski definition) is 2. The molecule has 0 aliphatic carbocycles. The summed E-state index contributed by atoms with van der Waals surface area (Å²) in [4.78, 5) is 6.71. The van der Waals surface area contributed by atoms with Crippen molar-refractivity contribution in [1.82, 2.24) is 10.2 Å². The van der Waals surface area contributed by atoms with Crippen LogP contribution < -0.4 is 11.1 Å². The Bertz CT molecular complexity index is 649. The molecule has 2 aromatic rings. The molecule has 0 spiro atoms. The fraction of sp³-hybridized carbons (Fsp3) is 0.450. The maximum atomic E-state index is 5.97. The van der Waals surface area contributed by atoms with Crippen LogP contribution in [0.3, 0.4) is 0 Å². The number of guanidine groups is 1. The lowest BCUT2D eigenvalue weighted by atomic mass is 10.1. The molecular formula is C20H30N4O. The second-order valence-electron chi connectivity index (χ2n) is 6.83. The topological polar surface area (TPSA) is 66.8 Å². The van der Waals surface area contributed by atoms with Crippen LogP contribution in [0.5, 0.6) is 0 Å². The van der Waals surface area contributed by atoms with Gasteiger partial charge in [0.15, 0.2) is 5.96 Å². The summed E-state index contributed by atoms with van der Waals surface area (Å²) in [6.45, 7) is 7.47. The maximum Gasteiger partial charge on any atom is 0.188 e. The Morgan fingerprint density at radius 1 is 1.16 bits per heavy atom. The van der Waals surface area contributed by atoms with Gasteiger partial charge in [-0.25, -0.2) is 4.99 Å². The van der Waals surface area contributed by atoms with Gasteiger partial charge in [0.2, 0.25) is 0 Å². The van der Waals surface area contributed by atoms with E-state index in [-0.39, 0.29) is 0 Å². The summed E-state index contributed by atoms with van der Waals surface area (Å²) in [6, 6.07) is 12.3. The second-order valence-corrected chi connectivity index (χ2v) is 6.83. The van der Waals surface area contributed by atoms with E-state index < -0.39 is 0 Å². The molecule has 136 valence electrons. The summed E-state index contributed by atoms with van der Waals surface area (Å²) in [5.74, 6) is 2.14. The van der Waals surface area contributed by atoms with Crippen molar-refractivity contribution in [1.29, 1.82) is 0 Å². The molecule has 25 heavy (non-hydrogen) atoms. The third-order valence-corrected chi connectivity index (χ3v) is 4.01. The van der Waals surface area contributed by atoms with E-state index in [1.165, 1.54) is 11.1 Å². The highest BCUT2D eigenvalue weighted by molar-refractivity contribution is 5.77. The van der Waals surface area contributed by atoms with Crippen LogP contribution >= 0.6 is 0 Å². The van der Waals surface area contributed by atoms with Crippen LogP contribution in [0.4, 0.5) is 0 Å². The summed E-state index contributed by atoms with van der Waals surface area (Å²) < 4.78 is 5.42. The predicted octanol–water partition coefficient (Wildman–Crippen LogP) is 3.36. The van der Waals surface area contributed by atoms with E-state index >= 15 is 0 Å². The summed E-state index contributed by atoms with van der Waals surface area (Å²) in [7, 11) is 2.09. The van der Waals surface area contributed by atoms with E-state index in [1.807, 2.05) is 18.2 Å². The number of nitrogens with one attached hydrogen (secondary N) is 1. The van der Waals surface area contributed by atoms with Crippen LogP contribution in [0, 0.1) is 5.92 Å². The van der Waals surface area contributed by atoms with Crippen LogP contribution in [-0.4, -0.2) is 24.5 Å². The van der Waals surface area contributed by atoms with E-state index in [9.17, 15) is 0 Å². The van der Waals surface area contributed by atoms with Gasteiger partial charge in [-0.2, -0.15) is 0 Å². The van der Waals surface area contributed by atoms with E-state index in [0.29, 0.717) is 18.4 Å². The van der Waals surface area contributed by atoms with Gasteiger partial charge in [0.25, 0.3) is 0 Å². The molecular weight excluding hydrogens is 312 g/mol. The molecule has 0 saturated heterocycles. The molecule has 5 nitrogen and oxygen atoms in total. The maximum absolute atomic E-state index is 5.97. The van der Waals surface area contributed by atoms with Gasteiger partial charge in [-0.05, 0) is 42.6 Å². The first-order chi connectivity index (χ1) is 12.0. The first kappa shape index (κ1) is 19.1. The number of nitrogens with two attached hydrogens (primary N) is 1. The molecule has 0 bridgehead atoms. The van der Waals surface area contributed by atoms with Crippen LogP contribution in [0.1, 0.15) is 37.2 Å². The average molecular weight is 342 g/mol. The van der Waals surface area contributed by atoms with Crippen molar-refractivity contribution in [2.75, 3.05) is 13.6 Å². The number of rotatable bonds is 9. The third kappa shape index (κ3) is 7.01. The number of hydrogen-bond acceptors (Lipinski definition) is 3. The highest BCUT2D eigenvalue weighted by Gasteiger charge is 2.07. The van der Waals surface area contributed by atoms with Crippen molar-refractivity contribution in [2.45, 2.75) is 39.9 Å². The van der Waals surface area contributed by atoms with Gasteiger partial charge in [0.1, 0.15) is 5.76 Å². The Morgan fingerprint density at radius 2 is 1.92 bits per heavy atom. The molecule has 0 aliphatic rings. The fourth-order valence-corrected chi connectivity index (χ4v) is 2.60. The van der Waals surface area contributed by atoms with E-state index in [4.69, 9.17) is 10.2 Å². The zero-order valence-corrected chi connectivity index (χ0v) is 15.5. The second kappa shape index (κ2) is 9.89. The minimum Gasteiger partial charge on any atom is -0.468 e. The van der Waals surface area contributed by atoms with Gasteiger partial charge in [0, 0.05) is 13.1 Å². The Morgan fingerprint density at radius 3 is 2.60 bits per heavy atom. The molecule has 1 aromatic carbocycles. The van der Waals surface area contributed by atoms with E-state index in [0.717, 1.165) is 31.8 Å². The van der Waals surface area contributed by atoms with Gasteiger partial charge >= 0.3 is 0 Å². The van der Waals surface area contributed by atoms with Gasteiger partial charge in [-0.15, -0.1) is 0 Å². The summed E-state index contributed by atoms with van der Waals surface area (Å²) in [5.41, 5.74) is 8.42. The molecule has 0 saturated carbocycles. The molecule has 3 N–H and O–H groups in total. The van der Waals surface area contributed by atoms with Crippen molar-refractivity contribution < 1.29 is 4.42 Å². The summed E-state index contributed by atoms with van der Waals surface area (Å²) in [5, 5.41) is 3.18. The van der Waals surface area contributed by atoms with Gasteiger partial charge < -0.3 is 15.5 Å². The molecule has 0 aliphatic heterocycles. The lowest BCUT2D eigenvalue weighted by molar-refractivity contribution is 0.287. The minimum atomic E-state index is 0.513. The molecule has 0 radical (unpaired) electrons. The molecule has 0 fully saturated rings. The van der Waals surface area contributed by atoms with Crippen LogP contribution in [0.15, 0.2) is 52.1 Å². The first-order valence-electron chi connectivity index (χ1n) is 8.86. The molecule has 0 amide bonds. The monoisotopic (exact) mass is 342 g/mol. The standard InChI is InChI=1S/C20H30N4O/c1-16(2)10-11-22-20(21)23-13-17-7-4-5-8-18(17)14-24(3)15-19-9-6-12-25-19/h4-9,12,16H,10-11,13-15H2,1-3H3,(H3,21,22,23). The number of nitrogens with zero attached hydrogens (tertiary/aromatic N) is 2. The van der Waals surface area contributed by atoms with Crippen molar-refractivity contribution >= 4 is 5.96 Å². The van der Waals surface area contributed by atoms with Gasteiger partial charge in [0.05, 0.1) is 19.4 Å². The quantitative estimate of drug-likeness (QED) is 0.542. The highest BCUT2D eigenvalue weighted by atomic mass is 16.3. The van der Waals surface area contributed by atoms with Crippen LogP contribution in [-0.2, 0) is 19.6 Å². The van der Waals surface area contributed by atoms with Gasteiger partial charge in [-0.1, -0.05) is 38.1 Å². The van der Waals surface area contributed by atoms with Crippen LogP contribution in [0.25, 0.3) is 0 Å². The molecule has 1 heterocycles. The Labute approximate surface area is 150 Å². The number of furan rings is 1. The molecule has 0 unspecified atom stereocenters. The van der Waals surface area contributed by atoms with Crippen molar-refractivity contribution in [3.8, 4) is 0 Å². The van der Waals surface area contributed by atoms with Crippen molar-refractivity contribution in [3.63, 3.8) is 0 Å². The number of aliphatic imine (C=N–C) groups is 1. The summed E-state index contributed by atoms with van der Waals surface area (Å²) in [6.07, 6.45) is 2.80. The Kier molecular flexibility index (Phi) is 7.54. The van der Waals surface area contributed by atoms with Crippen molar-refractivity contribution in [3.05, 3.63) is 59.5 Å². The lowest BCUT2D eigenvalue weighted by Gasteiger charge is -2.17. The van der Waals surface area contributed by atoms with E-state index in [2.05, 4.69) is 54.3 Å². The average Bonchev–Trinajstić information content (AvgIpc) is 3.06. The molecule has 2 rings (SSSR count). The Balaban J connectivity index is 1.90. The van der Waals surface area contributed by atoms with Crippen LogP contribution in [0.2, 0.25) is 0 Å². The normalized spacial score (nSPS) is 12.1. The molecule has 1 aromatic heterocycles. The molecule has 0 atom stereocenters. The Hall–Kier alpha value is -2.27. The number of benzene rings is 1. The smallest absolute Gasteiger partial charge is 0.188 e. The largest absolute Gasteiger partial charge is 0.468 e.